The van der Waals surface area contributed by atoms with Crippen molar-refractivity contribution in [3.05, 3.63) is 93.6 Å². The van der Waals surface area contributed by atoms with Crippen molar-refractivity contribution in [3.8, 4) is 0 Å². The van der Waals surface area contributed by atoms with Crippen molar-refractivity contribution in [1.82, 2.24) is 5.32 Å². The van der Waals surface area contributed by atoms with Gasteiger partial charge >= 0.3 is 0 Å². The number of amides is 2. The molecule has 1 heterocycles. The van der Waals surface area contributed by atoms with Crippen LogP contribution in [0, 0.1) is 3.57 Å². The molecule has 130 valence electrons. The first kappa shape index (κ1) is 17.9. The molecule has 2 amide bonds. The minimum Gasteiger partial charge on any atom is -0.465 e. The summed E-state index contributed by atoms with van der Waals surface area (Å²) < 4.78 is 6.06. The van der Waals surface area contributed by atoms with E-state index >= 15 is 0 Å². The van der Waals surface area contributed by atoms with E-state index in [-0.39, 0.29) is 11.6 Å². The molecule has 3 rings (SSSR count). The summed E-state index contributed by atoms with van der Waals surface area (Å²) in [6.45, 7) is 0. The zero-order chi connectivity index (χ0) is 18.4. The fourth-order valence-electron chi connectivity index (χ4n) is 2.23. The second kappa shape index (κ2) is 8.48. The monoisotopic (exact) mass is 458 g/mol. The van der Waals surface area contributed by atoms with Gasteiger partial charge in [-0.1, -0.05) is 30.3 Å². The molecular weight excluding hydrogens is 443 g/mol. The topological polar surface area (TPSA) is 71.3 Å². The fourth-order valence-corrected chi connectivity index (χ4v) is 2.86. The molecule has 0 spiro atoms. The lowest BCUT2D eigenvalue weighted by Crippen LogP contribution is -2.31. The van der Waals surface area contributed by atoms with E-state index in [9.17, 15) is 9.59 Å². The first-order valence-electron chi connectivity index (χ1n) is 7.81. The molecule has 0 aliphatic heterocycles. The summed E-state index contributed by atoms with van der Waals surface area (Å²) in [6, 6.07) is 19.6. The van der Waals surface area contributed by atoms with Crippen molar-refractivity contribution in [1.29, 1.82) is 0 Å². The smallest absolute Gasteiger partial charge is 0.272 e. The lowest BCUT2D eigenvalue weighted by molar-refractivity contribution is -0.113. The van der Waals surface area contributed by atoms with Gasteiger partial charge in [0.25, 0.3) is 11.8 Å². The second-order valence-corrected chi connectivity index (χ2v) is 6.49. The van der Waals surface area contributed by atoms with Crippen LogP contribution in [0.1, 0.15) is 16.1 Å². The van der Waals surface area contributed by atoms with Gasteiger partial charge in [-0.15, -0.1) is 0 Å². The third-order valence-corrected chi connectivity index (χ3v) is 4.41. The third kappa shape index (κ3) is 4.60. The molecule has 0 aliphatic carbocycles. The highest BCUT2D eigenvalue weighted by atomic mass is 127. The van der Waals surface area contributed by atoms with Crippen molar-refractivity contribution >= 4 is 46.2 Å². The SMILES string of the molecule is O=C(Nc1ccccc1)C(=Cc1ccco1)NC(=O)c1ccccc1I. The van der Waals surface area contributed by atoms with Gasteiger partial charge in [0.1, 0.15) is 11.5 Å². The molecule has 0 saturated heterocycles. The predicted octanol–water partition coefficient (Wildman–Crippen LogP) is 4.29. The average Bonchev–Trinajstić information content (AvgIpc) is 3.15. The van der Waals surface area contributed by atoms with E-state index in [4.69, 9.17) is 4.42 Å². The molecule has 0 atom stereocenters. The Morgan fingerprint density at radius 2 is 1.65 bits per heavy atom. The number of anilines is 1. The van der Waals surface area contributed by atoms with Crippen LogP contribution in [0.5, 0.6) is 0 Å². The number of hydrogen-bond acceptors (Lipinski definition) is 3. The first-order chi connectivity index (χ1) is 12.6. The lowest BCUT2D eigenvalue weighted by Gasteiger charge is -2.11. The van der Waals surface area contributed by atoms with Crippen LogP contribution in [0.25, 0.3) is 6.08 Å². The van der Waals surface area contributed by atoms with Crippen LogP contribution in [-0.2, 0) is 4.79 Å². The van der Waals surface area contributed by atoms with Crippen LogP contribution < -0.4 is 10.6 Å². The van der Waals surface area contributed by atoms with E-state index in [1.54, 1.807) is 36.4 Å². The molecule has 2 N–H and O–H groups in total. The number of rotatable bonds is 5. The zero-order valence-electron chi connectivity index (χ0n) is 13.6. The molecule has 0 fully saturated rings. The molecule has 3 aromatic rings. The van der Waals surface area contributed by atoms with Crippen LogP contribution in [0.3, 0.4) is 0 Å². The molecule has 0 unspecified atom stereocenters. The lowest BCUT2D eigenvalue weighted by atomic mass is 10.2. The Balaban J connectivity index is 1.85. The number of nitrogens with one attached hydrogen (secondary N) is 2. The van der Waals surface area contributed by atoms with E-state index < -0.39 is 5.91 Å². The van der Waals surface area contributed by atoms with Crippen LogP contribution in [0.15, 0.2) is 83.1 Å². The third-order valence-electron chi connectivity index (χ3n) is 3.47. The summed E-state index contributed by atoms with van der Waals surface area (Å²) in [5, 5.41) is 5.44. The number of halogens is 1. The fraction of sp³-hybridized carbons (Fsp3) is 0. The van der Waals surface area contributed by atoms with Gasteiger partial charge in [-0.2, -0.15) is 0 Å². The number of carbonyl (C=O) groups excluding carboxylic acids is 2. The van der Waals surface area contributed by atoms with E-state index in [1.165, 1.54) is 12.3 Å². The number of para-hydroxylation sites is 1. The maximum atomic E-state index is 12.7. The van der Waals surface area contributed by atoms with E-state index in [1.807, 2.05) is 30.3 Å². The molecule has 2 aromatic carbocycles. The van der Waals surface area contributed by atoms with Gasteiger partial charge in [0, 0.05) is 15.3 Å². The minimum atomic E-state index is -0.438. The van der Waals surface area contributed by atoms with Gasteiger partial charge in [-0.25, -0.2) is 0 Å². The Kier molecular flexibility index (Phi) is 5.85. The minimum absolute atomic E-state index is 0.0912. The molecule has 0 radical (unpaired) electrons. The molecule has 0 bridgehead atoms. The highest BCUT2D eigenvalue weighted by Gasteiger charge is 2.17. The van der Waals surface area contributed by atoms with Gasteiger partial charge in [-0.05, 0) is 59.0 Å². The number of furan rings is 1. The summed E-state index contributed by atoms with van der Waals surface area (Å²) in [5.41, 5.74) is 1.21. The van der Waals surface area contributed by atoms with Crippen molar-refractivity contribution < 1.29 is 14.0 Å². The number of benzene rings is 2. The van der Waals surface area contributed by atoms with Gasteiger partial charge < -0.3 is 15.1 Å². The maximum absolute atomic E-state index is 12.7. The molecule has 0 saturated carbocycles. The molecule has 26 heavy (non-hydrogen) atoms. The normalized spacial score (nSPS) is 11.0. The predicted molar refractivity (Wildman–Crippen MR) is 108 cm³/mol. The average molecular weight is 458 g/mol. The van der Waals surface area contributed by atoms with Gasteiger partial charge in [0.05, 0.1) is 11.8 Å². The quantitative estimate of drug-likeness (QED) is 0.443. The van der Waals surface area contributed by atoms with Gasteiger partial charge in [-0.3, -0.25) is 9.59 Å². The molecular formula is C20H15IN2O3. The Morgan fingerprint density at radius 1 is 0.923 bits per heavy atom. The second-order valence-electron chi connectivity index (χ2n) is 5.33. The van der Waals surface area contributed by atoms with E-state index in [2.05, 4.69) is 33.2 Å². The van der Waals surface area contributed by atoms with Crippen molar-refractivity contribution in [2.24, 2.45) is 0 Å². The highest BCUT2D eigenvalue weighted by molar-refractivity contribution is 14.1. The molecule has 1 aromatic heterocycles. The standard InChI is InChI=1S/C20H15IN2O3/c21-17-11-5-4-10-16(17)19(24)23-18(13-15-9-6-12-26-15)20(25)22-14-7-2-1-3-8-14/h1-13H,(H,22,25)(H,23,24). The van der Waals surface area contributed by atoms with Gasteiger partial charge in [0.2, 0.25) is 0 Å². The Morgan fingerprint density at radius 3 is 2.35 bits per heavy atom. The summed E-state index contributed by atoms with van der Waals surface area (Å²) in [5.74, 6) is -0.339. The van der Waals surface area contributed by atoms with Crippen molar-refractivity contribution in [2.75, 3.05) is 5.32 Å². The summed E-state index contributed by atoms with van der Waals surface area (Å²) in [7, 11) is 0. The maximum Gasteiger partial charge on any atom is 0.272 e. The van der Waals surface area contributed by atoms with Crippen molar-refractivity contribution in [3.63, 3.8) is 0 Å². The van der Waals surface area contributed by atoms with Crippen LogP contribution >= 0.6 is 22.6 Å². The number of carbonyl (C=O) groups is 2. The zero-order valence-corrected chi connectivity index (χ0v) is 15.8. The highest BCUT2D eigenvalue weighted by Crippen LogP contribution is 2.14. The molecule has 0 aliphatic rings. The summed E-state index contributed by atoms with van der Waals surface area (Å²) in [4.78, 5) is 25.2. The molecule has 6 heteroatoms. The number of hydrogen-bond donors (Lipinski definition) is 2. The van der Waals surface area contributed by atoms with Crippen LogP contribution in [0.4, 0.5) is 5.69 Å². The first-order valence-corrected chi connectivity index (χ1v) is 8.89. The molecule has 5 nitrogen and oxygen atoms in total. The van der Waals surface area contributed by atoms with Crippen LogP contribution in [-0.4, -0.2) is 11.8 Å². The summed E-state index contributed by atoms with van der Waals surface area (Å²) in [6.07, 6.45) is 2.99. The Bertz CT molecular complexity index is 935. The Hall–Kier alpha value is -2.87. The van der Waals surface area contributed by atoms with E-state index in [0.29, 0.717) is 17.0 Å². The Labute approximate surface area is 164 Å². The largest absolute Gasteiger partial charge is 0.465 e. The van der Waals surface area contributed by atoms with E-state index in [0.717, 1.165) is 3.57 Å². The van der Waals surface area contributed by atoms with Crippen molar-refractivity contribution in [2.45, 2.75) is 0 Å². The van der Waals surface area contributed by atoms with Crippen LogP contribution in [0.2, 0.25) is 0 Å². The van der Waals surface area contributed by atoms with Gasteiger partial charge in [0.15, 0.2) is 0 Å². The summed E-state index contributed by atoms with van der Waals surface area (Å²) >= 11 is 2.08.